The molecule has 0 saturated carbocycles. The first kappa shape index (κ1) is 9.51. The maximum absolute atomic E-state index is 5.64. The van der Waals surface area contributed by atoms with E-state index in [1.165, 1.54) is 0 Å². The van der Waals surface area contributed by atoms with Crippen molar-refractivity contribution in [3.05, 3.63) is 12.8 Å². The van der Waals surface area contributed by atoms with E-state index in [2.05, 4.69) is 29.0 Å². The molecule has 0 bridgehead atoms. The van der Waals surface area contributed by atoms with Gasteiger partial charge in [0.15, 0.2) is 0 Å². The molecule has 0 radical (unpaired) electrons. The molecule has 0 aromatic carbocycles. The summed E-state index contributed by atoms with van der Waals surface area (Å²) in [6, 6.07) is 0.404. The van der Waals surface area contributed by atoms with Crippen LogP contribution in [0.5, 0.6) is 0 Å². The molecule has 1 saturated heterocycles. The Morgan fingerprint density at radius 2 is 2.42 bits per heavy atom. The van der Waals surface area contributed by atoms with Gasteiger partial charge in [-0.05, 0) is 7.05 Å². The summed E-state index contributed by atoms with van der Waals surface area (Å²) in [4.78, 5) is 2.29. The van der Waals surface area contributed by atoms with Crippen LogP contribution < -0.4 is 11.2 Å². The smallest absolute Gasteiger partial charge is 0.0540 e. The quantitative estimate of drug-likeness (QED) is 0.582. The van der Waals surface area contributed by atoms with Gasteiger partial charge >= 0.3 is 0 Å². The van der Waals surface area contributed by atoms with E-state index < -0.39 is 0 Å². The molecule has 4 nitrogen and oxygen atoms in total. The molecule has 0 spiro atoms. The van der Waals surface area contributed by atoms with Crippen LogP contribution in [-0.4, -0.2) is 49.2 Å². The van der Waals surface area contributed by atoms with E-state index in [0.29, 0.717) is 12.6 Å². The van der Waals surface area contributed by atoms with Crippen LogP contribution in [0.2, 0.25) is 0 Å². The van der Waals surface area contributed by atoms with Gasteiger partial charge in [0.1, 0.15) is 0 Å². The second-order valence-electron chi connectivity index (χ2n) is 3.18. The number of hydrogen-bond donors (Lipinski definition) is 2. The summed E-state index contributed by atoms with van der Waals surface area (Å²) in [6.07, 6.45) is 1.70. The Hall–Kier alpha value is -0.580. The Balaban J connectivity index is 2.44. The first-order valence-electron chi connectivity index (χ1n) is 4.30. The minimum absolute atomic E-state index is 0.404. The van der Waals surface area contributed by atoms with Gasteiger partial charge in [-0.1, -0.05) is 6.58 Å². The number of nitrogens with zero attached hydrogens (tertiary/aromatic N) is 2. The van der Waals surface area contributed by atoms with E-state index in [4.69, 9.17) is 5.73 Å². The number of nitrogens with one attached hydrogen (secondary N) is 1. The summed E-state index contributed by atoms with van der Waals surface area (Å²) in [6.45, 7) is 7.43. The van der Waals surface area contributed by atoms with Crippen LogP contribution in [0.4, 0.5) is 0 Å². The number of likely N-dealkylation sites (N-methyl/N-ethyl adjacent to an activating group) is 1. The molecule has 1 rings (SSSR count). The van der Waals surface area contributed by atoms with Gasteiger partial charge in [-0.15, -0.1) is 0 Å². The van der Waals surface area contributed by atoms with E-state index in [1.807, 2.05) is 0 Å². The van der Waals surface area contributed by atoms with Gasteiger partial charge in [0.2, 0.25) is 0 Å². The fraction of sp³-hybridized carbons (Fsp3) is 0.750. The lowest BCUT2D eigenvalue weighted by molar-refractivity contribution is 0.0649. The number of rotatable bonds is 3. The van der Waals surface area contributed by atoms with Gasteiger partial charge < -0.3 is 16.1 Å². The van der Waals surface area contributed by atoms with Crippen molar-refractivity contribution in [1.82, 2.24) is 15.3 Å². The summed E-state index contributed by atoms with van der Waals surface area (Å²) >= 11 is 0. The zero-order valence-corrected chi connectivity index (χ0v) is 7.66. The molecule has 0 aromatic heterocycles. The van der Waals surface area contributed by atoms with Crippen molar-refractivity contribution in [1.29, 1.82) is 0 Å². The molecule has 0 aliphatic carbocycles. The van der Waals surface area contributed by atoms with Crippen LogP contribution in [0.15, 0.2) is 12.8 Å². The minimum atomic E-state index is 0.404. The minimum Gasteiger partial charge on any atom is -0.329 e. The summed E-state index contributed by atoms with van der Waals surface area (Å²) in [5.74, 6) is 0. The molecule has 1 aliphatic heterocycles. The molecule has 12 heavy (non-hydrogen) atoms. The fourth-order valence-corrected chi connectivity index (χ4v) is 1.50. The topological polar surface area (TPSA) is 44.5 Å². The molecular formula is C8H18N4. The maximum atomic E-state index is 5.64. The fourth-order valence-electron chi connectivity index (χ4n) is 1.50. The SMILES string of the molecule is C=CNN1CCN(C)CC1CN. The van der Waals surface area contributed by atoms with Crippen molar-refractivity contribution >= 4 is 0 Å². The normalized spacial score (nSPS) is 27.0. The van der Waals surface area contributed by atoms with E-state index in [1.54, 1.807) is 6.20 Å². The second kappa shape index (κ2) is 4.45. The number of piperazine rings is 1. The Morgan fingerprint density at radius 1 is 1.67 bits per heavy atom. The van der Waals surface area contributed by atoms with Crippen molar-refractivity contribution in [3.63, 3.8) is 0 Å². The van der Waals surface area contributed by atoms with Gasteiger partial charge in [0.25, 0.3) is 0 Å². The molecule has 1 fully saturated rings. The highest BCUT2D eigenvalue weighted by Crippen LogP contribution is 2.03. The van der Waals surface area contributed by atoms with Crippen molar-refractivity contribution in [2.45, 2.75) is 6.04 Å². The molecule has 1 unspecified atom stereocenters. The highest BCUT2D eigenvalue weighted by atomic mass is 15.5. The first-order chi connectivity index (χ1) is 5.77. The average Bonchev–Trinajstić information content (AvgIpc) is 2.08. The average molecular weight is 170 g/mol. The third-order valence-electron chi connectivity index (χ3n) is 2.22. The Labute approximate surface area is 74.0 Å². The zero-order valence-electron chi connectivity index (χ0n) is 7.66. The maximum Gasteiger partial charge on any atom is 0.0540 e. The largest absolute Gasteiger partial charge is 0.329 e. The molecule has 4 heteroatoms. The summed E-state index contributed by atoms with van der Waals surface area (Å²) in [5, 5.41) is 2.15. The zero-order chi connectivity index (χ0) is 8.97. The highest BCUT2D eigenvalue weighted by molar-refractivity contribution is 4.80. The van der Waals surface area contributed by atoms with Crippen LogP contribution >= 0.6 is 0 Å². The van der Waals surface area contributed by atoms with Crippen molar-refractivity contribution < 1.29 is 0 Å². The predicted molar refractivity (Wildman–Crippen MR) is 50.4 cm³/mol. The Morgan fingerprint density at radius 3 is 3.00 bits per heavy atom. The van der Waals surface area contributed by atoms with E-state index in [9.17, 15) is 0 Å². The molecule has 0 aromatic rings. The Bertz CT molecular complexity index is 148. The highest BCUT2D eigenvalue weighted by Gasteiger charge is 2.22. The molecule has 3 N–H and O–H groups in total. The van der Waals surface area contributed by atoms with E-state index in [0.717, 1.165) is 19.6 Å². The number of hydrogen-bond acceptors (Lipinski definition) is 4. The predicted octanol–water partition coefficient (Wildman–Crippen LogP) is -0.791. The molecule has 1 aliphatic rings. The summed E-state index contributed by atoms with van der Waals surface area (Å²) < 4.78 is 0. The van der Waals surface area contributed by atoms with Crippen LogP contribution in [0, 0.1) is 0 Å². The van der Waals surface area contributed by atoms with Gasteiger partial charge in [-0.25, -0.2) is 5.01 Å². The lowest BCUT2D eigenvalue weighted by Crippen LogP contribution is -2.58. The molecular weight excluding hydrogens is 152 g/mol. The number of nitrogens with two attached hydrogens (primary N) is 1. The lowest BCUT2D eigenvalue weighted by atomic mass is 10.2. The van der Waals surface area contributed by atoms with Crippen LogP contribution in [0.25, 0.3) is 0 Å². The van der Waals surface area contributed by atoms with Gasteiger partial charge in [-0.2, -0.15) is 0 Å². The number of hydrazine groups is 1. The van der Waals surface area contributed by atoms with Crippen LogP contribution in [0.3, 0.4) is 0 Å². The summed E-state index contributed by atoms with van der Waals surface area (Å²) in [5.41, 5.74) is 8.74. The third-order valence-corrected chi connectivity index (χ3v) is 2.22. The molecule has 0 amide bonds. The molecule has 70 valence electrons. The summed E-state index contributed by atoms with van der Waals surface area (Å²) in [7, 11) is 2.12. The standard InChI is InChI=1S/C8H18N4/c1-3-10-12-5-4-11(2)7-8(12)6-9/h3,8,10H,1,4-7,9H2,2H3. The van der Waals surface area contributed by atoms with Crippen LogP contribution in [0.1, 0.15) is 0 Å². The molecule has 1 heterocycles. The monoisotopic (exact) mass is 170 g/mol. The van der Waals surface area contributed by atoms with Crippen molar-refractivity contribution in [2.24, 2.45) is 5.73 Å². The van der Waals surface area contributed by atoms with Gasteiger partial charge in [0, 0.05) is 32.4 Å². The lowest BCUT2D eigenvalue weighted by Gasteiger charge is -2.38. The second-order valence-corrected chi connectivity index (χ2v) is 3.18. The van der Waals surface area contributed by atoms with E-state index >= 15 is 0 Å². The first-order valence-corrected chi connectivity index (χ1v) is 4.30. The van der Waals surface area contributed by atoms with E-state index in [-0.39, 0.29) is 0 Å². The Kier molecular flexibility index (Phi) is 3.52. The van der Waals surface area contributed by atoms with Crippen molar-refractivity contribution in [2.75, 3.05) is 33.2 Å². The van der Waals surface area contributed by atoms with Crippen molar-refractivity contribution in [3.8, 4) is 0 Å². The van der Waals surface area contributed by atoms with Gasteiger partial charge in [0.05, 0.1) is 6.04 Å². The van der Waals surface area contributed by atoms with Gasteiger partial charge in [-0.3, -0.25) is 0 Å². The molecule has 1 atom stereocenters. The third kappa shape index (κ3) is 2.20. The van der Waals surface area contributed by atoms with Crippen LogP contribution in [-0.2, 0) is 0 Å².